The number of rotatable bonds is 4. The number of anilines is 1. The first kappa shape index (κ1) is 10.0. The van der Waals surface area contributed by atoms with Crippen LogP contribution in [0.1, 0.15) is 9.67 Å². The second-order valence-corrected chi connectivity index (χ2v) is 3.37. The van der Waals surface area contributed by atoms with E-state index < -0.39 is 0 Å². The minimum absolute atomic E-state index is 0.135. The Morgan fingerprint density at radius 3 is 3.08 bits per heavy atom. The van der Waals surface area contributed by atoms with E-state index in [-0.39, 0.29) is 5.91 Å². The van der Waals surface area contributed by atoms with Crippen molar-refractivity contribution >= 4 is 22.9 Å². The quantitative estimate of drug-likeness (QED) is 0.703. The average Bonchev–Trinajstić information content (AvgIpc) is 2.52. The van der Waals surface area contributed by atoms with Crippen LogP contribution < -0.4 is 11.1 Å². The van der Waals surface area contributed by atoms with E-state index in [2.05, 4.69) is 5.32 Å². The molecule has 1 aromatic heterocycles. The van der Waals surface area contributed by atoms with Crippen molar-refractivity contribution in [1.82, 2.24) is 5.32 Å². The molecule has 3 N–H and O–H groups in total. The molecule has 0 aliphatic heterocycles. The lowest BCUT2D eigenvalue weighted by atomic mass is 10.4. The molecule has 5 heteroatoms. The van der Waals surface area contributed by atoms with E-state index in [9.17, 15) is 4.79 Å². The van der Waals surface area contributed by atoms with Gasteiger partial charge >= 0.3 is 0 Å². The maximum atomic E-state index is 11.4. The summed E-state index contributed by atoms with van der Waals surface area (Å²) in [5, 5.41) is 4.49. The lowest BCUT2D eigenvalue weighted by Crippen LogP contribution is -2.26. The van der Waals surface area contributed by atoms with E-state index in [0.717, 1.165) is 0 Å². The lowest BCUT2D eigenvalue weighted by molar-refractivity contribution is 0.0942. The van der Waals surface area contributed by atoms with Crippen LogP contribution in [0, 0.1) is 0 Å². The molecule has 0 unspecified atom stereocenters. The van der Waals surface area contributed by atoms with Gasteiger partial charge in [-0.15, -0.1) is 11.3 Å². The smallest absolute Gasteiger partial charge is 0.263 e. The predicted molar refractivity (Wildman–Crippen MR) is 52.9 cm³/mol. The molecular formula is C8H12N2O2S. The van der Waals surface area contributed by atoms with E-state index >= 15 is 0 Å². The van der Waals surface area contributed by atoms with Crippen molar-refractivity contribution in [1.29, 1.82) is 0 Å². The first-order valence-electron chi connectivity index (χ1n) is 3.86. The predicted octanol–water partition coefficient (Wildman–Crippen LogP) is 0.707. The van der Waals surface area contributed by atoms with E-state index in [1.807, 2.05) is 0 Å². The number of amides is 1. The fourth-order valence-electron chi connectivity index (χ4n) is 0.851. The van der Waals surface area contributed by atoms with Crippen LogP contribution in [-0.2, 0) is 4.74 Å². The number of nitrogens with one attached hydrogen (secondary N) is 1. The van der Waals surface area contributed by atoms with Crippen molar-refractivity contribution in [2.24, 2.45) is 0 Å². The summed E-state index contributed by atoms with van der Waals surface area (Å²) in [6.45, 7) is 1.02. The van der Waals surface area contributed by atoms with Crippen molar-refractivity contribution in [3.63, 3.8) is 0 Å². The van der Waals surface area contributed by atoms with Crippen LogP contribution in [0.25, 0.3) is 0 Å². The number of nitrogen functional groups attached to an aromatic ring is 1. The van der Waals surface area contributed by atoms with Crippen molar-refractivity contribution in [3.8, 4) is 0 Å². The van der Waals surface area contributed by atoms with Gasteiger partial charge in [-0.05, 0) is 11.4 Å². The second kappa shape index (κ2) is 4.84. The van der Waals surface area contributed by atoms with Gasteiger partial charge in [0.05, 0.1) is 12.3 Å². The number of methoxy groups -OCH3 is 1. The molecule has 1 amide bonds. The van der Waals surface area contributed by atoms with Gasteiger partial charge in [0.25, 0.3) is 5.91 Å². The van der Waals surface area contributed by atoms with Gasteiger partial charge in [0.2, 0.25) is 0 Å². The molecular weight excluding hydrogens is 188 g/mol. The van der Waals surface area contributed by atoms with Crippen LogP contribution in [0.3, 0.4) is 0 Å². The highest BCUT2D eigenvalue weighted by Gasteiger charge is 2.09. The fraction of sp³-hybridized carbons (Fsp3) is 0.375. The first-order valence-corrected chi connectivity index (χ1v) is 4.73. The number of hydrogen-bond acceptors (Lipinski definition) is 4. The highest BCUT2D eigenvalue weighted by Crippen LogP contribution is 2.17. The van der Waals surface area contributed by atoms with Crippen LogP contribution in [0.5, 0.6) is 0 Å². The molecule has 1 aromatic rings. The van der Waals surface area contributed by atoms with Crippen molar-refractivity contribution in [2.45, 2.75) is 0 Å². The van der Waals surface area contributed by atoms with E-state index in [1.54, 1.807) is 18.6 Å². The summed E-state index contributed by atoms with van der Waals surface area (Å²) in [7, 11) is 1.59. The molecule has 0 spiro atoms. The van der Waals surface area contributed by atoms with Crippen molar-refractivity contribution in [2.75, 3.05) is 26.0 Å². The van der Waals surface area contributed by atoms with E-state index in [0.29, 0.717) is 23.7 Å². The van der Waals surface area contributed by atoms with Crippen LogP contribution in [-0.4, -0.2) is 26.2 Å². The SMILES string of the molecule is COCCNC(=O)c1sccc1N. The zero-order valence-electron chi connectivity index (χ0n) is 7.37. The van der Waals surface area contributed by atoms with Gasteiger partial charge in [-0.25, -0.2) is 0 Å². The summed E-state index contributed by atoms with van der Waals surface area (Å²) < 4.78 is 4.80. The van der Waals surface area contributed by atoms with Crippen LogP contribution >= 0.6 is 11.3 Å². The van der Waals surface area contributed by atoms with Gasteiger partial charge in [-0.2, -0.15) is 0 Å². The second-order valence-electron chi connectivity index (χ2n) is 2.45. The van der Waals surface area contributed by atoms with Gasteiger partial charge < -0.3 is 15.8 Å². The fourth-order valence-corrected chi connectivity index (χ4v) is 1.58. The highest BCUT2D eigenvalue weighted by atomic mass is 32.1. The Bertz CT molecular complexity index is 285. The molecule has 0 saturated carbocycles. The van der Waals surface area contributed by atoms with Crippen LogP contribution in [0.4, 0.5) is 5.69 Å². The first-order chi connectivity index (χ1) is 6.25. The molecule has 0 aliphatic rings. The van der Waals surface area contributed by atoms with Gasteiger partial charge in [-0.1, -0.05) is 0 Å². The Morgan fingerprint density at radius 2 is 2.54 bits per heavy atom. The minimum atomic E-state index is -0.135. The standard InChI is InChI=1S/C8H12N2O2S/c1-12-4-3-10-8(11)7-6(9)2-5-13-7/h2,5H,3-4,9H2,1H3,(H,10,11). The molecule has 0 atom stereocenters. The summed E-state index contributed by atoms with van der Waals surface area (Å²) in [5.74, 6) is -0.135. The number of carbonyl (C=O) groups is 1. The van der Waals surface area contributed by atoms with Crippen LogP contribution in [0.2, 0.25) is 0 Å². The zero-order valence-corrected chi connectivity index (χ0v) is 8.19. The van der Waals surface area contributed by atoms with Gasteiger partial charge in [0.15, 0.2) is 0 Å². The van der Waals surface area contributed by atoms with Gasteiger partial charge in [0.1, 0.15) is 4.88 Å². The summed E-state index contributed by atoms with van der Waals surface area (Å²) in [6.07, 6.45) is 0. The average molecular weight is 200 g/mol. The third-order valence-electron chi connectivity index (χ3n) is 1.49. The summed E-state index contributed by atoms with van der Waals surface area (Å²) >= 11 is 1.34. The maximum Gasteiger partial charge on any atom is 0.263 e. The minimum Gasteiger partial charge on any atom is -0.397 e. The molecule has 72 valence electrons. The number of thiophene rings is 1. The van der Waals surface area contributed by atoms with Gasteiger partial charge in [0, 0.05) is 13.7 Å². The molecule has 13 heavy (non-hydrogen) atoms. The Morgan fingerprint density at radius 1 is 1.77 bits per heavy atom. The monoisotopic (exact) mass is 200 g/mol. The van der Waals surface area contributed by atoms with E-state index in [1.165, 1.54) is 11.3 Å². The molecule has 1 heterocycles. The third-order valence-corrected chi connectivity index (χ3v) is 2.42. The Labute approximate surface area is 80.7 Å². The zero-order chi connectivity index (χ0) is 9.68. The largest absolute Gasteiger partial charge is 0.397 e. The summed E-state index contributed by atoms with van der Waals surface area (Å²) in [4.78, 5) is 11.9. The molecule has 1 rings (SSSR count). The number of nitrogens with two attached hydrogens (primary N) is 1. The highest BCUT2D eigenvalue weighted by molar-refractivity contribution is 7.12. The molecule has 0 saturated heterocycles. The summed E-state index contributed by atoms with van der Waals surface area (Å²) in [6, 6.07) is 1.72. The Balaban J connectivity index is 2.45. The van der Waals surface area contributed by atoms with Crippen molar-refractivity contribution < 1.29 is 9.53 Å². The molecule has 0 radical (unpaired) electrons. The number of ether oxygens (including phenoxy) is 1. The van der Waals surface area contributed by atoms with Crippen molar-refractivity contribution in [3.05, 3.63) is 16.3 Å². The topological polar surface area (TPSA) is 64.3 Å². The number of carbonyl (C=O) groups excluding carboxylic acids is 1. The molecule has 0 bridgehead atoms. The van der Waals surface area contributed by atoms with Crippen LogP contribution in [0.15, 0.2) is 11.4 Å². The Kier molecular flexibility index (Phi) is 3.72. The Hall–Kier alpha value is -1.07. The maximum absolute atomic E-state index is 11.4. The third kappa shape index (κ3) is 2.71. The molecule has 0 aromatic carbocycles. The van der Waals surface area contributed by atoms with Gasteiger partial charge in [-0.3, -0.25) is 4.79 Å². The summed E-state index contributed by atoms with van der Waals surface area (Å²) in [5.41, 5.74) is 6.09. The number of hydrogen-bond donors (Lipinski definition) is 2. The molecule has 4 nitrogen and oxygen atoms in total. The lowest BCUT2D eigenvalue weighted by Gasteiger charge is -2.02. The normalized spacial score (nSPS) is 9.92. The molecule has 0 aliphatic carbocycles. The molecule has 0 fully saturated rings. The van der Waals surface area contributed by atoms with E-state index in [4.69, 9.17) is 10.5 Å².